The average Bonchev–Trinajstić information content (AvgIpc) is 2.59. The van der Waals surface area contributed by atoms with Gasteiger partial charge in [0.2, 0.25) is 0 Å². The van der Waals surface area contributed by atoms with E-state index in [0.29, 0.717) is 37.0 Å². The monoisotopic (exact) mass is 313 g/mol. The molecule has 0 aromatic heterocycles. The van der Waals surface area contributed by atoms with Crippen LogP contribution >= 0.6 is 0 Å². The Hall–Kier alpha value is -2.69. The van der Waals surface area contributed by atoms with Crippen molar-refractivity contribution >= 4 is 5.91 Å². The van der Waals surface area contributed by atoms with Gasteiger partial charge >= 0.3 is 0 Å². The first kappa shape index (κ1) is 15.2. The zero-order valence-corrected chi connectivity index (χ0v) is 13.0. The summed E-state index contributed by atoms with van der Waals surface area (Å²) in [6.45, 7) is 3.56. The molecule has 23 heavy (non-hydrogen) atoms. The van der Waals surface area contributed by atoms with Gasteiger partial charge in [0.25, 0.3) is 5.91 Å². The Morgan fingerprint density at radius 1 is 1.09 bits per heavy atom. The SMILES string of the molecule is Cc1ccc(CNC(=O)COc2ccc3c(c2)OCCO3)cc1. The molecular weight excluding hydrogens is 294 g/mol. The van der Waals surface area contributed by atoms with Crippen molar-refractivity contribution in [2.24, 2.45) is 0 Å². The number of amides is 1. The Balaban J connectivity index is 1.48. The predicted octanol–water partition coefficient (Wildman–Crippen LogP) is 2.46. The lowest BCUT2D eigenvalue weighted by atomic mass is 10.1. The van der Waals surface area contributed by atoms with E-state index in [0.717, 1.165) is 5.56 Å². The van der Waals surface area contributed by atoms with E-state index in [2.05, 4.69) is 5.32 Å². The van der Waals surface area contributed by atoms with Crippen molar-refractivity contribution < 1.29 is 19.0 Å². The minimum atomic E-state index is -0.166. The highest BCUT2D eigenvalue weighted by molar-refractivity contribution is 5.77. The molecule has 1 heterocycles. The predicted molar refractivity (Wildman–Crippen MR) is 86.0 cm³/mol. The topological polar surface area (TPSA) is 56.8 Å². The Bertz CT molecular complexity index is 682. The maximum atomic E-state index is 11.9. The Morgan fingerprint density at radius 2 is 1.83 bits per heavy atom. The van der Waals surface area contributed by atoms with Crippen LogP contribution in [0.4, 0.5) is 0 Å². The fourth-order valence-electron chi connectivity index (χ4n) is 2.22. The first-order valence-electron chi connectivity index (χ1n) is 7.55. The third-order valence-electron chi connectivity index (χ3n) is 3.49. The molecule has 1 N–H and O–H groups in total. The minimum Gasteiger partial charge on any atom is -0.486 e. The van der Waals surface area contributed by atoms with Gasteiger partial charge in [0.1, 0.15) is 19.0 Å². The molecule has 0 spiro atoms. The summed E-state index contributed by atoms with van der Waals surface area (Å²) in [6, 6.07) is 13.3. The molecule has 1 aliphatic rings. The second kappa shape index (κ2) is 7.05. The first-order valence-corrected chi connectivity index (χ1v) is 7.55. The van der Waals surface area contributed by atoms with Crippen molar-refractivity contribution in [3.63, 3.8) is 0 Å². The molecule has 0 bridgehead atoms. The van der Waals surface area contributed by atoms with Gasteiger partial charge < -0.3 is 19.5 Å². The van der Waals surface area contributed by atoms with Crippen LogP contribution in [0.3, 0.4) is 0 Å². The van der Waals surface area contributed by atoms with Gasteiger partial charge in [0.15, 0.2) is 18.1 Å². The Morgan fingerprint density at radius 3 is 2.61 bits per heavy atom. The van der Waals surface area contributed by atoms with Crippen LogP contribution < -0.4 is 19.5 Å². The summed E-state index contributed by atoms with van der Waals surface area (Å²) in [5.74, 6) is 1.77. The summed E-state index contributed by atoms with van der Waals surface area (Å²) < 4.78 is 16.4. The fourth-order valence-corrected chi connectivity index (χ4v) is 2.22. The quantitative estimate of drug-likeness (QED) is 0.921. The van der Waals surface area contributed by atoms with Crippen LogP contribution in [0.2, 0.25) is 0 Å². The summed E-state index contributed by atoms with van der Waals surface area (Å²) >= 11 is 0. The standard InChI is InChI=1S/C18H19NO4/c1-13-2-4-14(5-3-13)11-19-18(20)12-23-15-6-7-16-17(10-15)22-9-8-21-16/h2-7,10H,8-9,11-12H2,1H3,(H,19,20). The van der Waals surface area contributed by atoms with E-state index in [9.17, 15) is 4.79 Å². The van der Waals surface area contributed by atoms with Gasteiger partial charge in [-0.05, 0) is 24.6 Å². The Labute approximate surface area is 135 Å². The van der Waals surface area contributed by atoms with Gasteiger partial charge in [-0.3, -0.25) is 4.79 Å². The van der Waals surface area contributed by atoms with Gasteiger partial charge in [0, 0.05) is 12.6 Å². The van der Waals surface area contributed by atoms with E-state index in [1.165, 1.54) is 5.56 Å². The molecule has 5 heteroatoms. The lowest BCUT2D eigenvalue weighted by Crippen LogP contribution is -2.28. The second-order valence-corrected chi connectivity index (χ2v) is 5.36. The average molecular weight is 313 g/mol. The van der Waals surface area contributed by atoms with Crippen molar-refractivity contribution in [3.8, 4) is 17.2 Å². The van der Waals surface area contributed by atoms with Crippen molar-refractivity contribution in [1.82, 2.24) is 5.32 Å². The third-order valence-corrected chi connectivity index (χ3v) is 3.49. The highest BCUT2D eigenvalue weighted by Crippen LogP contribution is 2.33. The summed E-state index contributed by atoms with van der Waals surface area (Å²) in [7, 11) is 0. The van der Waals surface area contributed by atoms with Gasteiger partial charge in [-0.15, -0.1) is 0 Å². The van der Waals surface area contributed by atoms with E-state index in [-0.39, 0.29) is 12.5 Å². The number of carbonyl (C=O) groups excluding carboxylic acids is 1. The van der Waals surface area contributed by atoms with E-state index >= 15 is 0 Å². The molecule has 3 rings (SSSR count). The number of rotatable bonds is 5. The maximum absolute atomic E-state index is 11.9. The lowest BCUT2D eigenvalue weighted by Gasteiger charge is -2.18. The second-order valence-electron chi connectivity index (χ2n) is 5.36. The normalized spacial score (nSPS) is 12.6. The van der Waals surface area contributed by atoms with E-state index in [1.54, 1.807) is 18.2 Å². The van der Waals surface area contributed by atoms with Crippen LogP contribution in [0.25, 0.3) is 0 Å². The van der Waals surface area contributed by atoms with Crippen molar-refractivity contribution in [3.05, 3.63) is 53.6 Å². The highest BCUT2D eigenvalue weighted by atomic mass is 16.6. The van der Waals surface area contributed by atoms with Crippen LogP contribution in [0.15, 0.2) is 42.5 Å². The van der Waals surface area contributed by atoms with Crippen LogP contribution in [-0.4, -0.2) is 25.7 Å². The largest absolute Gasteiger partial charge is 0.486 e. The molecule has 5 nitrogen and oxygen atoms in total. The summed E-state index contributed by atoms with van der Waals surface area (Å²) in [4.78, 5) is 11.9. The molecule has 0 radical (unpaired) electrons. The van der Waals surface area contributed by atoms with E-state index < -0.39 is 0 Å². The van der Waals surface area contributed by atoms with Crippen LogP contribution in [0.1, 0.15) is 11.1 Å². The molecule has 2 aromatic carbocycles. The molecule has 1 amide bonds. The van der Waals surface area contributed by atoms with Crippen molar-refractivity contribution in [1.29, 1.82) is 0 Å². The molecule has 0 saturated heterocycles. The number of ether oxygens (including phenoxy) is 3. The first-order chi connectivity index (χ1) is 11.2. The van der Waals surface area contributed by atoms with Crippen molar-refractivity contribution in [2.45, 2.75) is 13.5 Å². The number of nitrogens with one attached hydrogen (secondary N) is 1. The molecule has 0 unspecified atom stereocenters. The van der Waals surface area contributed by atoms with Gasteiger partial charge in [0.05, 0.1) is 0 Å². The van der Waals surface area contributed by atoms with Crippen molar-refractivity contribution in [2.75, 3.05) is 19.8 Å². The molecule has 0 atom stereocenters. The highest BCUT2D eigenvalue weighted by Gasteiger charge is 2.12. The molecule has 0 aliphatic carbocycles. The van der Waals surface area contributed by atoms with E-state index in [1.807, 2.05) is 31.2 Å². The smallest absolute Gasteiger partial charge is 0.258 e. The molecule has 0 saturated carbocycles. The summed E-state index contributed by atoms with van der Waals surface area (Å²) in [5, 5.41) is 2.83. The zero-order valence-electron chi connectivity index (χ0n) is 13.0. The number of carbonyl (C=O) groups is 1. The zero-order chi connectivity index (χ0) is 16.1. The fraction of sp³-hybridized carbons (Fsp3) is 0.278. The molecule has 0 fully saturated rings. The van der Waals surface area contributed by atoms with Crippen LogP contribution in [0, 0.1) is 6.92 Å². The summed E-state index contributed by atoms with van der Waals surface area (Å²) in [6.07, 6.45) is 0. The summed E-state index contributed by atoms with van der Waals surface area (Å²) in [5.41, 5.74) is 2.25. The molecule has 120 valence electrons. The maximum Gasteiger partial charge on any atom is 0.258 e. The third kappa shape index (κ3) is 4.16. The Kier molecular flexibility index (Phi) is 4.66. The lowest BCUT2D eigenvalue weighted by molar-refractivity contribution is -0.123. The van der Waals surface area contributed by atoms with Gasteiger partial charge in [-0.2, -0.15) is 0 Å². The number of fused-ring (bicyclic) bond motifs is 1. The van der Waals surface area contributed by atoms with Crippen LogP contribution in [-0.2, 0) is 11.3 Å². The molecule has 1 aliphatic heterocycles. The number of aryl methyl sites for hydroxylation is 1. The molecule has 2 aromatic rings. The number of hydrogen-bond acceptors (Lipinski definition) is 4. The van der Waals surface area contributed by atoms with Gasteiger partial charge in [-0.25, -0.2) is 0 Å². The van der Waals surface area contributed by atoms with Crippen LogP contribution in [0.5, 0.6) is 17.2 Å². The molecular formula is C18H19NO4. The number of hydrogen-bond donors (Lipinski definition) is 1. The van der Waals surface area contributed by atoms with Gasteiger partial charge in [-0.1, -0.05) is 29.8 Å². The number of benzene rings is 2. The van der Waals surface area contributed by atoms with E-state index in [4.69, 9.17) is 14.2 Å². The minimum absolute atomic E-state index is 0.0362.